The Morgan fingerprint density at radius 2 is 2.07 bits per heavy atom. The first-order valence-corrected chi connectivity index (χ1v) is 11.6. The van der Waals surface area contributed by atoms with Crippen LogP contribution in [0.15, 0.2) is 23.1 Å². The zero-order valence-electron chi connectivity index (χ0n) is 15.5. The van der Waals surface area contributed by atoms with E-state index in [0.29, 0.717) is 35.5 Å². The third-order valence-corrected chi connectivity index (χ3v) is 7.51. The molecule has 0 atom stereocenters. The number of carbonyl (C=O) groups is 1. The number of nitrogens with zero attached hydrogens (tertiary/aromatic N) is 4. The molecule has 9 nitrogen and oxygen atoms in total. The molecule has 29 heavy (non-hydrogen) atoms. The fourth-order valence-electron chi connectivity index (χ4n) is 2.75. The van der Waals surface area contributed by atoms with E-state index < -0.39 is 10.0 Å². The molecular formula is C16H19Cl2N5O4S2. The maximum Gasteiger partial charge on any atom is 0.244 e. The van der Waals surface area contributed by atoms with Gasteiger partial charge in [0.25, 0.3) is 0 Å². The van der Waals surface area contributed by atoms with Crippen LogP contribution in [0, 0.1) is 0 Å². The Bertz CT molecular complexity index is 979. The first-order valence-electron chi connectivity index (χ1n) is 8.60. The first kappa shape index (κ1) is 22.3. The van der Waals surface area contributed by atoms with E-state index in [0.717, 1.165) is 11.5 Å². The molecule has 1 amide bonds. The van der Waals surface area contributed by atoms with Crippen molar-refractivity contribution in [1.29, 1.82) is 0 Å². The van der Waals surface area contributed by atoms with E-state index >= 15 is 0 Å². The number of benzene rings is 1. The topological polar surface area (TPSA) is 105 Å². The molecule has 0 spiro atoms. The van der Waals surface area contributed by atoms with Crippen LogP contribution in [0.25, 0.3) is 0 Å². The van der Waals surface area contributed by atoms with Crippen molar-refractivity contribution >= 4 is 56.4 Å². The second-order valence-corrected chi connectivity index (χ2v) is 10.0. The van der Waals surface area contributed by atoms with Gasteiger partial charge in [-0.3, -0.25) is 9.69 Å². The Labute approximate surface area is 182 Å². The van der Waals surface area contributed by atoms with Crippen LogP contribution in [0.3, 0.4) is 0 Å². The minimum atomic E-state index is -3.78. The molecule has 158 valence electrons. The minimum absolute atomic E-state index is 0.0486. The van der Waals surface area contributed by atoms with Crippen molar-refractivity contribution < 1.29 is 17.9 Å². The van der Waals surface area contributed by atoms with Crippen molar-refractivity contribution in [2.45, 2.75) is 11.4 Å². The lowest BCUT2D eigenvalue weighted by atomic mass is 10.3. The van der Waals surface area contributed by atoms with Crippen LogP contribution in [0.5, 0.6) is 0 Å². The second-order valence-electron chi connectivity index (χ2n) is 6.38. The molecule has 13 heteroatoms. The third kappa shape index (κ3) is 5.63. The van der Waals surface area contributed by atoms with Crippen LogP contribution in [-0.4, -0.2) is 73.0 Å². The SMILES string of the molecule is CN(CC(=O)Nc1ccc(Cl)c(S(=O)(=O)N2CCOCC2)c1)Cc1nnsc1Cl. The van der Waals surface area contributed by atoms with E-state index in [2.05, 4.69) is 14.9 Å². The van der Waals surface area contributed by atoms with Gasteiger partial charge in [-0.2, -0.15) is 4.31 Å². The Hall–Kier alpha value is -1.34. The summed E-state index contributed by atoms with van der Waals surface area (Å²) in [7, 11) is -2.04. The van der Waals surface area contributed by atoms with E-state index in [1.807, 2.05) is 0 Å². The molecule has 0 saturated carbocycles. The quantitative estimate of drug-likeness (QED) is 0.646. The number of ether oxygens (including phenoxy) is 1. The molecule has 0 unspecified atom stereocenters. The molecule has 1 aliphatic heterocycles. The van der Waals surface area contributed by atoms with Crippen molar-refractivity contribution in [3.63, 3.8) is 0 Å². The molecule has 1 fully saturated rings. The number of hydrogen-bond acceptors (Lipinski definition) is 8. The summed E-state index contributed by atoms with van der Waals surface area (Å²) in [6.07, 6.45) is 0. The highest BCUT2D eigenvalue weighted by Crippen LogP contribution is 2.28. The van der Waals surface area contributed by atoms with Gasteiger partial charge in [0.15, 0.2) is 0 Å². The molecule has 1 aromatic carbocycles. The van der Waals surface area contributed by atoms with Crippen molar-refractivity contribution in [2.75, 3.05) is 45.2 Å². The maximum atomic E-state index is 12.9. The second kappa shape index (κ2) is 9.65. The highest BCUT2D eigenvalue weighted by molar-refractivity contribution is 7.89. The molecule has 0 radical (unpaired) electrons. The zero-order valence-corrected chi connectivity index (χ0v) is 18.6. The monoisotopic (exact) mass is 479 g/mol. The van der Waals surface area contributed by atoms with E-state index in [4.69, 9.17) is 27.9 Å². The number of nitrogens with one attached hydrogen (secondary N) is 1. The van der Waals surface area contributed by atoms with Crippen LogP contribution in [-0.2, 0) is 26.1 Å². The van der Waals surface area contributed by atoms with Crippen LogP contribution >= 0.6 is 34.7 Å². The number of rotatable bonds is 7. The van der Waals surface area contributed by atoms with E-state index in [1.54, 1.807) is 18.0 Å². The highest BCUT2D eigenvalue weighted by Gasteiger charge is 2.28. The number of likely N-dealkylation sites (N-methyl/N-ethyl adjacent to an activating group) is 1. The fourth-order valence-corrected chi connectivity index (χ4v) is 5.27. The number of hydrogen-bond donors (Lipinski definition) is 1. The van der Waals surface area contributed by atoms with Gasteiger partial charge < -0.3 is 10.1 Å². The molecule has 2 aromatic rings. The molecule has 2 heterocycles. The van der Waals surface area contributed by atoms with E-state index in [9.17, 15) is 13.2 Å². The lowest BCUT2D eigenvalue weighted by molar-refractivity contribution is -0.117. The smallest absolute Gasteiger partial charge is 0.244 e. The summed E-state index contributed by atoms with van der Waals surface area (Å²) in [6.45, 7) is 1.60. The predicted octanol–water partition coefficient (Wildman–Crippen LogP) is 1.94. The standard InChI is InChI=1S/C16H19Cl2N5O4S2/c1-22(9-13-16(18)28-21-20-13)10-15(24)19-11-2-3-12(17)14(8-11)29(25,26)23-4-6-27-7-5-23/h2-3,8H,4-7,9-10H2,1H3,(H,19,24). The number of carbonyl (C=O) groups excluding carboxylic acids is 1. The fraction of sp³-hybridized carbons (Fsp3) is 0.438. The van der Waals surface area contributed by atoms with Crippen LogP contribution in [0.4, 0.5) is 5.69 Å². The number of aromatic nitrogens is 2. The average molecular weight is 480 g/mol. The summed E-state index contributed by atoms with van der Waals surface area (Å²) < 4.78 is 36.5. The molecule has 0 bridgehead atoms. The number of morpholine rings is 1. The van der Waals surface area contributed by atoms with Crippen LogP contribution in [0.2, 0.25) is 9.36 Å². The van der Waals surface area contributed by atoms with Gasteiger partial charge in [-0.25, -0.2) is 8.42 Å². The van der Waals surface area contributed by atoms with Crippen molar-refractivity contribution in [2.24, 2.45) is 0 Å². The maximum absolute atomic E-state index is 12.9. The normalized spacial score (nSPS) is 15.6. The minimum Gasteiger partial charge on any atom is -0.379 e. The van der Waals surface area contributed by atoms with Gasteiger partial charge in [-0.1, -0.05) is 27.7 Å². The van der Waals surface area contributed by atoms with Gasteiger partial charge in [0.2, 0.25) is 15.9 Å². The number of amides is 1. The molecule has 1 aromatic heterocycles. The van der Waals surface area contributed by atoms with Crippen molar-refractivity contribution in [3.05, 3.63) is 33.3 Å². The van der Waals surface area contributed by atoms with Gasteiger partial charge >= 0.3 is 0 Å². The summed E-state index contributed by atoms with van der Waals surface area (Å²) in [6, 6.07) is 4.38. The Morgan fingerprint density at radius 1 is 1.34 bits per heavy atom. The lowest BCUT2D eigenvalue weighted by Gasteiger charge is -2.26. The van der Waals surface area contributed by atoms with Gasteiger partial charge in [0.1, 0.15) is 14.9 Å². The first-order chi connectivity index (χ1) is 13.8. The molecule has 3 rings (SSSR count). The molecule has 1 N–H and O–H groups in total. The van der Waals surface area contributed by atoms with Crippen LogP contribution < -0.4 is 5.32 Å². The van der Waals surface area contributed by atoms with Crippen molar-refractivity contribution in [1.82, 2.24) is 18.8 Å². The van der Waals surface area contributed by atoms with Gasteiger partial charge in [-0.05, 0) is 25.2 Å². The van der Waals surface area contributed by atoms with Crippen molar-refractivity contribution in [3.8, 4) is 0 Å². The van der Waals surface area contributed by atoms with E-state index in [1.165, 1.54) is 16.4 Å². The summed E-state index contributed by atoms with van der Waals surface area (Å²) >= 11 is 13.2. The van der Waals surface area contributed by atoms with Gasteiger partial charge in [0, 0.05) is 36.9 Å². The Kier molecular flexibility index (Phi) is 7.43. The molecule has 1 aliphatic rings. The summed E-state index contributed by atoms with van der Waals surface area (Å²) in [5.74, 6) is -0.316. The summed E-state index contributed by atoms with van der Waals surface area (Å²) in [5, 5.41) is 6.70. The van der Waals surface area contributed by atoms with Gasteiger partial charge in [0.05, 0.1) is 24.8 Å². The third-order valence-electron chi connectivity index (χ3n) is 4.15. The summed E-state index contributed by atoms with van der Waals surface area (Å²) in [4.78, 5) is 14.0. The molecule has 0 aliphatic carbocycles. The largest absolute Gasteiger partial charge is 0.379 e. The van der Waals surface area contributed by atoms with Crippen LogP contribution in [0.1, 0.15) is 5.69 Å². The summed E-state index contributed by atoms with van der Waals surface area (Å²) in [5.41, 5.74) is 0.936. The zero-order chi connectivity index (χ0) is 21.0. The average Bonchev–Trinajstić information content (AvgIpc) is 3.08. The molecular weight excluding hydrogens is 461 g/mol. The predicted molar refractivity (Wildman–Crippen MR) is 111 cm³/mol. The van der Waals surface area contributed by atoms with E-state index in [-0.39, 0.29) is 35.5 Å². The van der Waals surface area contributed by atoms with Gasteiger partial charge in [-0.15, -0.1) is 5.10 Å². The number of halogens is 2. The Balaban J connectivity index is 1.67. The highest BCUT2D eigenvalue weighted by atomic mass is 35.5. The Morgan fingerprint density at radius 3 is 2.72 bits per heavy atom. The number of anilines is 1. The molecule has 1 saturated heterocycles. The lowest BCUT2D eigenvalue weighted by Crippen LogP contribution is -2.40. The number of sulfonamides is 1.